The summed E-state index contributed by atoms with van der Waals surface area (Å²) < 4.78 is 8.47. The van der Waals surface area contributed by atoms with Crippen LogP contribution in [0.3, 0.4) is 0 Å². The van der Waals surface area contributed by atoms with Crippen molar-refractivity contribution in [2.75, 3.05) is 26.8 Å². The van der Waals surface area contributed by atoms with Crippen molar-refractivity contribution in [1.29, 1.82) is 0 Å². The van der Waals surface area contributed by atoms with Crippen molar-refractivity contribution in [2.24, 2.45) is 7.05 Å². The molecule has 3 N–H and O–H groups in total. The molecule has 1 aliphatic heterocycles. The Morgan fingerprint density at radius 3 is 2.44 bits per heavy atom. The normalized spacial score (nSPS) is 15.3. The lowest BCUT2D eigenvalue weighted by atomic mass is 10.0. The fourth-order valence-corrected chi connectivity index (χ4v) is 5.14. The second-order valence-corrected chi connectivity index (χ2v) is 8.91. The molecular weight excluding hydrogens is 468 g/mol. The number of amides is 2. The van der Waals surface area contributed by atoms with Crippen LogP contribution in [0.25, 0.3) is 21.8 Å². The second kappa shape index (κ2) is 10.0. The Hall–Kier alpha value is -3.86. The summed E-state index contributed by atoms with van der Waals surface area (Å²) in [7, 11) is 3.05. The van der Waals surface area contributed by atoms with Crippen molar-refractivity contribution in [2.45, 2.75) is 38.3 Å². The fourth-order valence-electron chi connectivity index (χ4n) is 5.14. The van der Waals surface area contributed by atoms with E-state index in [2.05, 4.69) is 5.32 Å². The molecule has 1 saturated heterocycles. The highest BCUT2D eigenvalue weighted by molar-refractivity contribution is 6.12. The molecule has 0 radical (unpaired) electrons. The lowest BCUT2D eigenvalue weighted by molar-refractivity contribution is -0.141. The first kappa shape index (κ1) is 25.2. The number of carboxylic acids is 1. The van der Waals surface area contributed by atoms with Crippen LogP contribution in [-0.4, -0.2) is 74.9 Å². The minimum absolute atomic E-state index is 0.0858. The maximum Gasteiger partial charge on any atom is 0.326 e. The van der Waals surface area contributed by atoms with Gasteiger partial charge in [0.2, 0.25) is 5.91 Å². The summed E-state index contributed by atoms with van der Waals surface area (Å²) in [6, 6.07) is 5.73. The number of aliphatic hydroxyl groups is 1. The number of aromatic nitrogens is 2. The van der Waals surface area contributed by atoms with Crippen LogP contribution >= 0.6 is 0 Å². The van der Waals surface area contributed by atoms with Gasteiger partial charge in [0, 0.05) is 31.6 Å². The first-order valence-electron chi connectivity index (χ1n) is 11.9. The van der Waals surface area contributed by atoms with Crippen LogP contribution in [0, 0.1) is 0 Å². The van der Waals surface area contributed by atoms with E-state index in [-0.39, 0.29) is 35.2 Å². The number of para-hydroxylation sites is 1. The molecule has 0 aliphatic carbocycles. The number of aryl methyl sites for hydroxylation is 1. The molecule has 4 rings (SSSR count). The molecule has 1 atom stereocenters. The molecule has 1 unspecified atom stereocenters. The van der Waals surface area contributed by atoms with Gasteiger partial charge in [0.1, 0.15) is 18.0 Å². The molecule has 0 spiro atoms. The zero-order chi connectivity index (χ0) is 26.1. The van der Waals surface area contributed by atoms with E-state index in [1.165, 1.54) is 11.7 Å². The number of hydrogen-bond donors (Lipinski definition) is 3. The van der Waals surface area contributed by atoms with E-state index >= 15 is 0 Å². The van der Waals surface area contributed by atoms with E-state index in [9.17, 15) is 24.3 Å². The molecule has 11 nitrogen and oxygen atoms in total. The lowest BCUT2D eigenvalue weighted by Crippen LogP contribution is -2.47. The second-order valence-electron chi connectivity index (χ2n) is 8.91. The minimum atomic E-state index is -1.12. The van der Waals surface area contributed by atoms with Gasteiger partial charge < -0.3 is 29.7 Å². The largest absolute Gasteiger partial charge is 0.493 e. The van der Waals surface area contributed by atoms with E-state index in [1.54, 1.807) is 47.7 Å². The summed E-state index contributed by atoms with van der Waals surface area (Å²) in [6.07, 6.45) is 1.25. The maximum absolute atomic E-state index is 13.8. The number of nitrogens with one attached hydrogen (secondary N) is 1. The molecule has 1 aliphatic rings. The van der Waals surface area contributed by atoms with Crippen LogP contribution in [0.2, 0.25) is 0 Å². The van der Waals surface area contributed by atoms with Gasteiger partial charge in [-0.05, 0) is 25.3 Å². The average Bonchev–Trinajstić information content (AvgIpc) is 3.18. The number of hydrogen-bond acceptors (Lipinski definition) is 6. The first-order chi connectivity index (χ1) is 17.2. The molecule has 0 bridgehead atoms. The van der Waals surface area contributed by atoms with Gasteiger partial charge >= 0.3 is 5.97 Å². The monoisotopic (exact) mass is 498 g/mol. The number of piperidine rings is 1. The van der Waals surface area contributed by atoms with Gasteiger partial charge in [0.15, 0.2) is 11.4 Å². The van der Waals surface area contributed by atoms with Gasteiger partial charge in [-0.1, -0.05) is 25.1 Å². The zero-order valence-electron chi connectivity index (χ0n) is 20.5. The summed E-state index contributed by atoms with van der Waals surface area (Å²) in [4.78, 5) is 52.5. The molecule has 1 aromatic carbocycles. The quantitative estimate of drug-likeness (QED) is 0.445. The molecule has 36 heavy (non-hydrogen) atoms. The molecular formula is C25H30N4O7. The predicted molar refractivity (Wildman–Crippen MR) is 132 cm³/mol. The molecule has 2 aromatic heterocycles. The number of pyridine rings is 1. The number of rotatable bonds is 7. The van der Waals surface area contributed by atoms with Crippen LogP contribution < -0.4 is 15.6 Å². The molecule has 3 aromatic rings. The first-order valence-corrected chi connectivity index (χ1v) is 11.9. The number of nitrogens with zero attached hydrogens (tertiary/aromatic N) is 3. The number of carbonyl (C=O) groups excluding carboxylic acids is 2. The number of methoxy groups -OCH3 is 1. The number of benzene rings is 1. The number of fused-ring (bicyclic) bond motifs is 3. The summed E-state index contributed by atoms with van der Waals surface area (Å²) in [5.41, 5.74) is 0.558. The Labute approximate surface area is 206 Å². The third-order valence-electron chi connectivity index (χ3n) is 6.92. The van der Waals surface area contributed by atoms with Gasteiger partial charge in [0.25, 0.3) is 11.5 Å². The Balaban J connectivity index is 1.83. The SMILES string of the molecule is CCC(C(=O)O)n1c(=O)c2c(OC)c(C(=O)NC3CCN(C(=O)CO)CC3)n(C)c2c2ccccc21. The van der Waals surface area contributed by atoms with Crippen LogP contribution in [0.15, 0.2) is 29.1 Å². The number of ether oxygens (including phenoxy) is 1. The van der Waals surface area contributed by atoms with Crippen LogP contribution in [0.5, 0.6) is 5.75 Å². The topological polar surface area (TPSA) is 143 Å². The van der Waals surface area contributed by atoms with Crippen molar-refractivity contribution < 1.29 is 29.3 Å². The molecule has 11 heteroatoms. The third-order valence-corrected chi connectivity index (χ3v) is 6.92. The molecule has 1 fully saturated rings. The number of carbonyl (C=O) groups is 3. The van der Waals surface area contributed by atoms with E-state index < -0.39 is 30.1 Å². The third kappa shape index (κ3) is 4.09. The minimum Gasteiger partial charge on any atom is -0.493 e. The highest BCUT2D eigenvalue weighted by Crippen LogP contribution is 2.35. The summed E-state index contributed by atoms with van der Waals surface area (Å²) in [6.45, 7) is 1.99. The number of aliphatic carboxylic acids is 1. The van der Waals surface area contributed by atoms with Crippen molar-refractivity contribution in [1.82, 2.24) is 19.4 Å². The van der Waals surface area contributed by atoms with E-state index in [0.717, 1.165) is 0 Å². The standard InChI is InChI=1S/C25H30N4O7/c1-4-16(25(34)35)29-17-8-6-5-7-15(17)20-19(24(29)33)22(36-3)21(27(20)2)23(32)26-14-9-11-28(12-10-14)18(31)13-30/h5-8,14,16,30H,4,9-13H2,1-3H3,(H,26,32)(H,34,35). The molecule has 3 heterocycles. The summed E-state index contributed by atoms with van der Waals surface area (Å²) in [5, 5.41) is 22.6. The Bertz CT molecular complexity index is 1400. The highest BCUT2D eigenvalue weighted by atomic mass is 16.5. The van der Waals surface area contributed by atoms with Gasteiger partial charge in [0.05, 0.1) is 18.1 Å². The molecule has 0 saturated carbocycles. The van der Waals surface area contributed by atoms with Crippen molar-refractivity contribution in [3.8, 4) is 5.75 Å². The lowest BCUT2D eigenvalue weighted by Gasteiger charge is -2.32. The van der Waals surface area contributed by atoms with Gasteiger partial charge in [-0.3, -0.25) is 19.0 Å². The predicted octanol–water partition coefficient (Wildman–Crippen LogP) is 1.25. The summed E-state index contributed by atoms with van der Waals surface area (Å²) in [5.74, 6) is -1.81. The molecule has 2 amide bonds. The van der Waals surface area contributed by atoms with Crippen LogP contribution in [-0.2, 0) is 16.6 Å². The summed E-state index contributed by atoms with van der Waals surface area (Å²) >= 11 is 0. The Morgan fingerprint density at radius 2 is 1.86 bits per heavy atom. The highest BCUT2D eigenvalue weighted by Gasteiger charge is 2.31. The van der Waals surface area contributed by atoms with Gasteiger partial charge in [-0.15, -0.1) is 0 Å². The van der Waals surface area contributed by atoms with E-state index in [0.29, 0.717) is 42.4 Å². The fraction of sp³-hybridized carbons (Fsp3) is 0.440. The number of carboxylic acid groups (broad SMARTS) is 1. The van der Waals surface area contributed by atoms with E-state index in [1.807, 2.05) is 0 Å². The van der Waals surface area contributed by atoms with Crippen molar-refractivity contribution in [3.63, 3.8) is 0 Å². The van der Waals surface area contributed by atoms with Crippen molar-refractivity contribution in [3.05, 3.63) is 40.3 Å². The van der Waals surface area contributed by atoms with Crippen LogP contribution in [0.1, 0.15) is 42.7 Å². The van der Waals surface area contributed by atoms with Gasteiger partial charge in [-0.25, -0.2) is 4.79 Å². The Kier molecular flexibility index (Phi) is 7.02. The van der Waals surface area contributed by atoms with Crippen LogP contribution in [0.4, 0.5) is 0 Å². The molecule has 192 valence electrons. The van der Waals surface area contributed by atoms with Gasteiger partial charge in [-0.2, -0.15) is 0 Å². The van der Waals surface area contributed by atoms with Crippen molar-refractivity contribution >= 4 is 39.6 Å². The number of likely N-dealkylation sites (tertiary alicyclic amines) is 1. The zero-order valence-corrected chi connectivity index (χ0v) is 20.5. The average molecular weight is 499 g/mol. The Morgan fingerprint density at radius 1 is 1.19 bits per heavy atom. The number of aliphatic hydroxyl groups excluding tert-OH is 1. The van der Waals surface area contributed by atoms with E-state index in [4.69, 9.17) is 9.84 Å². The maximum atomic E-state index is 13.8. The smallest absolute Gasteiger partial charge is 0.326 e.